The summed E-state index contributed by atoms with van der Waals surface area (Å²) in [4.78, 5) is 15.2. The number of nitrogens with zero attached hydrogens (tertiary/aromatic N) is 4. The second-order valence-corrected chi connectivity index (χ2v) is 6.78. The second kappa shape index (κ2) is 6.77. The van der Waals surface area contributed by atoms with Crippen LogP contribution in [0.4, 0.5) is 11.9 Å². The van der Waals surface area contributed by atoms with Gasteiger partial charge in [-0.2, -0.15) is 15.0 Å². The lowest BCUT2D eigenvalue weighted by Crippen LogP contribution is -2.24. The summed E-state index contributed by atoms with van der Waals surface area (Å²) >= 11 is 6.04. The van der Waals surface area contributed by atoms with E-state index in [1.807, 2.05) is 0 Å². The minimum atomic E-state index is 0.284. The zero-order chi connectivity index (χ0) is 14.7. The van der Waals surface area contributed by atoms with Crippen LogP contribution in [-0.4, -0.2) is 34.6 Å². The highest BCUT2D eigenvalue weighted by Crippen LogP contribution is 2.28. The van der Waals surface area contributed by atoms with Crippen molar-refractivity contribution in [2.75, 3.05) is 29.9 Å². The van der Waals surface area contributed by atoms with Crippen molar-refractivity contribution in [2.24, 2.45) is 11.8 Å². The lowest BCUT2D eigenvalue weighted by atomic mass is 9.82. The van der Waals surface area contributed by atoms with Crippen LogP contribution < -0.4 is 10.2 Å². The van der Waals surface area contributed by atoms with Crippen LogP contribution in [0.15, 0.2) is 0 Å². The van der Waals surface area contributed by atoms with Gasteiger partial charge in [0.05, 0.1) is 0 Å². The topological polar surface area (TPSA) is 53.9 Å². The molecule has 0 radical (unpaired) electrons. The van der Waals surface area contributed by atoms with E-state index in [0.29, 0.717) is 11.9 Å². The third-order valence-corrected chi connectivity index (χ3v) is 4.75. The number of anilines is 2. The third kappa shape index (κ3) is 3.96. The van der Waals surface area contributed by atoms with Crippen LogP contribution in [-0.2, 0) is 0 Å². The predicted molar refractivity (Wildman–Crippen MR) is 85.9 cm³/mol. The number of rotatable bonds is 4. The summed E-state index contributed by atoms with van der Waals surface area (Å²) in [6, 6.07) is 0. The standard InChI is InChI=1S/C15H24ClN5/c1-11-5-4-6-12(9-11)10-17-14-18-13(16)19-15(20-14)21-7-2-3-8-21/h11-12H,2-10H2,1H3,(H,17,18,19,20). The highest BCUT2D eigenvalue weighted by atomic mass is 35.5. The molecule has 116 valence electrons. The molecule has 1 N–H and O–H groups in total. The van der Waals surface area contributed by atoms with E-state index in [1.54, 1.807) is 0 Å². The molecule has 1 aromatic heterocycles. The maximum Gasteiger partial charge on any atom is 0.231 e. The van der Waals surface area contributed by atoms with Gasteiger partial charge in [0.2, 0.25) is 17.2 Å². The molecule has 6 heteroatoms. The molecular formula is C15H24ClN5. The van der Waals surface area contributed by atoms with Gasteiger partial charge in [0.25, 0.3) is 0 Å². The van der Waals surface area contributed by atoms with Gasteiger partial charge in [-0.15, -0.1) is 0 Å². The molecule has 3 rings (SSSR count). The minimum absolute atomic E-state index is 0.284. The first-order valence-corrected chi connectivity index (χ1v) is 8.49. The molecule has 5 nitrogen and oxygen atoms in total. The first kappa shape index (κ1) is 14.8. The van der Waals surface area contributed by atoms with Crippen molar-refractivity contribution in [3.63, 3.8) is 0 Å². The van der Waals surface area contributed by atoms with E-state index in [0.717, 1.165) is 31.5 Å². The summed E-state index contributed by atoms with van der Waals surface area (Å²) in [5, 5.41) is 3.65. The molecule has 1 saturated heterocycles. The van der Waals surface area contributed by atoms with E-state index in [2.05, 4.69) is 32.1 Å². The van der Waals surface area contributed by atoms with Crippen LogP contribution in [0.2, 0.25) is 5.28 Å². The zero-order valence-electron chi connectivity index (χ0n) is 12.7. The Bertz CT molecular complexity index is 475. The average molecular weight is 310 g/mol. The van der Waals surface area contributed by atoms with Crippen molar-refractivity contribution in [3.8, 4) is 0 Å². The van der Waals surface area contributed by atoms with Crippen LogP contribution in [0.3, 0.4) is 0 Å². The first-order valence-electron chi connectivity index (χ1n) is 8.11. The van der Waals surface area contributed by atoms with Crippen LogP contribution in [0, 0.1) is 11.8 Å². The number of hydrogen-bond donors (Lipinski definition) is 1. The van der Waals surface area contributed by atoms with E-state index in [4.69, 9.17) is 11.6 Å². The Morgan fingerprint density at radius 2 is 1.95 bits per heavy atom. The fourth-order valence-electron chi connectivity index (χ4n) is 3.46. The Hall–Kier alpha value is -1.10. The molecule has 2 heterocycles. The van der Waals surface area contributed by atoms with Crippen LogP contribution in [0.25, 0.3) is 0 Å². The monoisotopic (exact) mass is 309 g/mol. The van der Waals surface area contributed by atoms with E-state index in [9.17, 15) is 0 Å². The normalized spacial score (nSPS) is 26.1. The fourth-order valence-corrected chi connectivity index (χ4v) is 3.61. The van der Waals surface area contributed by atoms with Gasteiger partial charge in [-0.25, -0.2) is 0 Å². The Balaban J connectivity index is 1.62. The van der Waals surface area contributed by atoms with Gasteiger partial charge in [0.1, 0.15) is 0 Å². The smallest absolute Gasteiger partial charge is 0.231 e. The van der Waals surface area contributed by atoms with Gasteiger partial charge < -0.3 is 10.2 Å². The highest BCUT2D eigenvalue weighted by molar-refractivity contribution is 6.28. The molecule has 1 aliphatic heterocycles. The quantitative estimate of drug-likeness (QED) is 0.924. The number of nitrogens with one attached hydrogen (secondary N) is 1. The molecule has 2 atom stereocenters. The van der Waals surface area contributed by atoms with E-state index >= 15 is 0 Å². The van der Waals surface area contributed by atoms with E-state index in [1.165, 1.54) is 38.5 Å². The molecule has 1 aliphatic carbocycles. The Kier molecular flexibility index (Phi) is 4.78. The second-order valence-electron chi connectivity index (χ2n) is 6.44. The zero-order valence-corrected chi connectivity index (χ0v) is 13.4. The van der Waals surface area contributed by atoms with Crippen LogP contribution >= 0.6 is 11.6 Å². The van der Waals surface area contributed by atoms with Crippen molar-refractivity contribution in [2.45, 2.75) is 45.4 Å². The number of aromatic nitrogens is 3. The average Bonchev–Trinajstić information content (AvgIpc) is 2.99. The van der Waals surface area contributed by atoms with Crippen LogP contribution in [0.1, 0.15) is 45.4 Å². The molecule has 1 aromatic rings. The van der Waals surface area contributed by atoms with Crippen LogP contribution in [0.5, 0.6) is 0 Å². The third-order valence-electron chi connectivity index (χ3n) is 4.58. The van der Waals surface area contributed by atoms with Crippen molar-refractivity contribution in [1.82, 2.24) is 15.0 Å². The van der Waals surface area contributed by atoms with Gasteiger partial charge in [0.15, 0.2) is 0 Å². The summed E-state index contributed by atoms with van der Waals surface area (Å²) in [5.41, 5.74) is 0. The summed E-state index contributed by atoms with van der Waals surface area (Å²) in [6.45, 7) is 5.31. The maximum atomic E-state index is 6.04. The SMILES string of the molecule is CC1CCCC(CNc2nc(Cl)nc(N3CCCC3)n2)C1. The van der Waals surface area contributed by atoms with Crippen molar-refractivity contribution >= 4 is 23.5 Å². The van der Waals surface area contributed by atoms with Gasteiger partial charge >= 0.3 is 0 Å². The summed E-state index contributed by atoms with van der Waals surface area (Å²) in [6.07, 6.45) is 7.70. The Morgan fingerprint density at radius 1 is 1.14 bits per heavy atom. The molecule has 0 amide bonds. The van der Waals surface area contributed by atoms with Crippen molar-refractivity contribution in [3.05, 3.63) is 5.28 Å². The molecule has 2 fully saturated rings. The molecule has 0 spiro atoms. The highest BCUT2D eigenvalue weighted by Gasteiger charge is 2.20. The van der Waals surface area contributed by atoms with Gasteiger partial charge in [-0.1, -0.05) is 19.8 Å². The number of hydrogen-bond acceptors (Lipinski definition) is 5. The van der Waals surface area contributed by atoms with Gasteiger partial charge in [0, 0.05) is 19.6 Å². The van der Waals surface area contributed by atoms with E-state index < -0.39 is 0 Å². The first-order chi connectivity index (χ1) is 10.2. The minimum Gasteiger partial charge on any atom is -0.354 e. The summed E-state index contributed by atoms with van der Waals surface area (Å²) < 4.78 is 0. The molecule has 1 saturated carbocycles. The fraction of sp³-hybridized carbons (Fsp3) is 0.800. The number of halogens is 1. The Labute approximate surface area is 131 Å². The molecular weight excluding hydrogens is 286 g/mol. The lowest BCUT2D eigenvalue weighted by molar-refractivity contribution is 0.293. The molecule has 21 heavy (non-hydrogen) atoms. The van der Waals surface area contributed by atoms with Crippen molar-refractivity contribution < 1.29 is 0 Å². The van der Waals surface area contributed by atoms with Gasteiger partial charge in [-0.3, -0.25) is 0 Å². The van der Waals surface area contributed by atoms with Crippen molar-refractivity contribution in [1.29, 1.82) is 0 Å². The molecule has 2 aliphatic rings. The largest absolute Gasteiger partial charge is 0.354 e. The van der Waals surface area contributed by atoms with E-state index in [-0.39, 0.29) is 5.28 Å². The molecule has 0 aromatic carbocycles. The summed E-state index contributed by atoms with van der Waals surface area (Å²) in [5.74, 6) is 2.90. The lowest BCUT2D eigenvalue weighted by Gasteiger charge is -2.26. The molecule has 2 unspecified atom stereocenters. The summed E-state index contributed by atoms with van der Waals surface area (Å²) in [7, 11) is 0. The van der Waals surface area contributed by atoms with Gasteiger partial charge in [-0.05, 0) is 49.1 Å². The maximum absolute atomic E-state index is 6.04. The predicted octanol–water partition coefficient (Wildman–Crippen LogP) is 3.36. The Morgan fingerprint density at radius 3 is 2.71 bits per heavy atom. The molecule has 0 bridgehead atoms.